The Labute approximate surface area is 181 Å². The number of hydrogen-bond donors (Lipinski definition) is 1. The van der Waals surface area contributed by atoms with Crippen molar-refractivity contribution < 1.29 is 9.90 Å². The Kier molecular flexibility index (Phi) is 4.74. The van der Waals surface area contributed by atoms with Crippen LogP contribution in [0.25, 0.3) is 0 Å². The zero-order chi connectivity index (χ0) is 21.3. The van der Waals surface area contributed by atoms with E-state index < -0.39 is 5.60 Å². The van der Waals surface area contributed by atoms with Crippen LogP contribution in [0.3, 0.4) is 0 Å². The van der Waals surface area contributed by atoms with Gasteiger partial charge in [-0.05, 0) is 106 Å². The Balaban J connectivity index is 1.37. The lowest BCUT2D eigenvalue weighted by atomic mass is 9.44. The van der Waals surface area contributed by atoms with Gasteiger partial charge in [-0.2, -0.15) is 15.0 Å². The van der Waals surface area contributed by atoms with Crippen molar-refractivity contribution in [1.29, 1.82) is 0 Å². The van der Waals surface area contributed by atoms with Gasteiger partial charge in [-0.15, -0.1) is 0 Å². The lowest BCUT2D eigenvalue weighted by molar-refractivity contribution is -0.151. The summed E-state index contributed by atoms with van der Waals surface area (Å²) >= 11 is 0. The number of aliphatic hydroxyl groups is 1. The third kappa shape index (κ3) is 2.94. The van der Waals surface area contributed by atoms with Gasteiger partial charge in [0.05, 0.1) is 18.0 Å². The summed E-state index contributed by atoms with van der Waals surface area (Å²) in [7, 11) is 0. The topological polar surface area (TPSA) is 68.0 Å². The van der Waals surface area contributed by atoms with Crippen molar-refractivity contribution in [1.82, 2.24) is 15.0 Å². The molecular formula is C25H39N3O2. The van der Waals surface area contributed by atoms with E-state index in [9.17, 15) is 9.90 Å². The number of ketones is 1. The average Bonchev–Trinajstić information content (AvgIpc) is 3.35. The Hall–Kier alpha value is -1.23. The van der Waals surface area contributed by atoms with Crippen LogP contribution in [0.15, 0.2) is 12.4 Å². The van der Waals surface area contributed by atoms with Crippen LogP contribution in [-0.4, -0.2) is 31.5 Å². The number of carbonyl (C=O) groups is 1. The molecule has 5 heteroatoms. The van der Waals surface area contributed by atoms with Gasteiger partial charge in [-0.25, -0.2) is 0 Å². The van der Waals surface area contributed by atoms with E-state index in [1.54, 1.807) is 17.2 Å². The van der Waals surface area contributed by atoms with Crippen LogP contribution in [0.1, 0.15) is 91.5 Å². The second-order valence-corrected chi connectivity index (χ2v) is 12.0. The summed E-state index contributed by atoms with van der Waals surface area (Å²) in [6.07, 6.45) is 13.6. The second kappa shape index (κ2) is 6.88. The zero-order valence-electron chi connectivity index (χ0n) is 19.2. The molecule has 5 nitrogen and oxygen atoms in total. The number of fused-ring (bicyclic) bond motifs is 5. The van der Waals surface area contributed by atoms with Gasteiger partial charge in [0.15, 0.2) is 5.78 Å². The number of nitrogens with zero attached hydrogens (tertiary/aromatic N) is 3. The monoisotopic (exact) mass is 413 g/mol. The summed E-state index contributed by atoms with van der Waals surface area (Å²) in [5, 5.41) is 19.2. The molecule has 0 bridgehead atoms. The largest absolute Gasteiger partial charge is 0.390 e. The lowest BCUT2D eigenvalue weighted by Crippen LogP contribution is -2.55. The Morgan fingerprint density at radius 3 is 2.40 bits per heavy atom. The maximum Gasteiger partial charge on any atom is 0.162 e. The van der Waals surface area contributed by atoms with Crippen LogP contribution in [0.4, 0.5) is 0 Å². The highest BCUT2D eigenvalue weighted by Gasteiger charge is 2.62. The van der Waals surface area contributed by atoms with Gasteiger partial charge in [0.1, 0.15) is 6.04 Å². The lowest BCUT2D eigenvalue weighted by Gasteiger charge is -2.61. The fourth-order valence-electron chi connectivity index (χ4n) is 8.73. The molecule has 166 valence electrons. The molecule has 0 unspecified atom stereocenters. The molecule has 4 fully saturated rings. The van der Waals surface area contributed by atoms with Crippen molar-refractivity contribution >= 4 is 5.78 Å². The van der Waals surface area contributed by atoms with Crippen LogP contribution in [0, 0.1) is 40.4 Å². The van der Waals surface area contributed by atoms with E-state index in [2.05, 4.69) is 24.0 Å². The highest BCUT2D eigenvalue weighted by Crippen LogP contribution is 2.68. The summed E-state index contributed by atoms with van der Waals surface area (Å²) in [6.45, 7) is 8.96. The molecule has 5 rings (SSSR count). The molecule has 0 amide bonds. The van der Waals surface area contributed by atoms with E-state index in [0.29, 0.717) is 23.0 Å². The maximum absolute atomic E-state index is 13.5. The molecule has 0 saturated heterocycles. The summed E-state index contributed by atoms with van der Waals surface area (Å²) in [4.78, 5) is 15.1. The number of Topliss-reactive ketones (excluding diaryl/α,β-unsaturated/α-hetero) is 1. The third-order valence-electron chi connectivity index (χ3n) is 10.5. The van der Waals surface area contributed by atoms with Crippen molar-refractivity contribution in [3.8, 4) is 0 Å². The molecule has 0 aromatic carbocycles. The van der Waals surface area contributed by atoms with Crippen LogP contribution in [0.5, 0.6) is 0 Å². The van der Waals surface area contributed by atoms with Gasteiger partial charge in [0.25, 0.3) is 0 Å². The van der Waals surface area contributed by atoms with Gasteiger partial charge in [-0.3, -0.25) is 4.79 Å². The van der Waals surface area contributed by atoms with E-state index in [0.717, 1.165) is 31.1 Å². The predicted octanol–water partition coefficient (Wildman–Crippen LogP) is 4.82. The van der Waals surface area contributed by atoms with Gasteiger partial charge in [-0.1, -0.05) is 13.8 Å². The highest BCUT2D eigenvalue weighted by atomic mass is 16.3. The molecule has 1 aromatic heterocycles. The molecule has 0 spiro atoms. The fourth-order valence-corrected chi connectivity index (χ4v) is 8.73. The number of rotatable bonds is 3. The minimum absolute atomic E-state index is 0.128. The second-order valence-electron chi connectivity index (χ2n) is 12.0. The van der Waals surface area contributed by atoms with Gasteiger partial charge in [0, 0.05) is 5.92 Å². The summed E-state index contributed by atoms with van der Waals surface area (Å²) in [6, 6.07) is -0.271. The third-order valence-corrected chi connectivity index (χ3v) is 10.5. The van der Waals surface area contributed by atoms with E-state index in [4.69, 9.17) is 0 Å². The first-order valence-corrected chi connectivity index (χ1v) is 12.3. The average molecular weight is 414 g/mol. The molecule has 4 saturated carbocycles. The Morgan fingerprint density at radius 2 is 1.67 bits per heavy atom. The first kappa shape index (κ1) is 20.7. The van der Waals surface area contributed by atoms with E-state index >= 15 is 0 Å². The zero-order valence-corrected chi connectivity index (χ0v) is 19.2. The maximum atomic E-state index is 13.5. The van der Waals surface area contributed by atoms with Crippen LogP contribution in [0.2, 0.25) is 0 Å². The first-order chi connectivity index (χ1) is 14.2. The molecule has 9 atom stereocenters. The molecule has 0 radical (unpaired) electrons. The summed E-state index contributed by atoms with van der Waals surface area (Å²) in [5.41, 5.74) is 0.0333. The van der Waals surface area contributed by atoms with Crippen molar-refractivity contribution in [3.05, 3.63) is 12.4 Å². The molecule has 4 aliphatic carbocycles. The number of carbonyl (C=O) groups excluding carboxylic acids is 1. The molecule has 0 aliphatic heterocycles. The first-order valence-electron chi connectivity index (χ1n) is 12.3. The SMILES string of the molecule is C[C@@H](C(=O)[C@H]1CC[C@H]2[C@@H]3CC[C@H]4C[C@](C)(O)CC[C@]4(C)[C@H]3CC[C@]12C)n1nccn1. The summed E-state index contributed by atoms with van der Waals surface area (Å²) < 4.78 is 0. The van der Waals surface area contributed by atoms with E-state index in [1.807, 2.05) is 13.8 Å². The highest BCUT2D eigenvalue weighted by molar-refractivity contribution is 5.85. The Bertz CT molecular complexity index is 805. The van der Waals surface area contributed by atoms with Gasteiger partial charge < -0.3 is 5.11 Å². The predicted molar refractivity (Wildman–Crippen MR) is 116 cm³/mol. The Morgan fingerprint density at radius 1 is 0.967 bits per heavy atom. The minimum atomic E-state index is -0.470. The minimum Gasteiger partial charge on any atom is -0.390 e. The van der Waals surface area contributed by atoms with Crippen LogP contribution >= 0.6 is 0 Å². The van der Waals surface area contributed by atoms with Gasteiger partial charge >= 0.3 is 0 Å². The van der Waals surface area contributed by atoms with E-state index in [1.165, 1.54) is 38.5 Å². The van der Waals surface area contributed by atoms with Crippen molar-refractivity contribution in [2.45, 2.75) is 97.1 Å². The number of hydrogen-bond acceptors (Lipinski definition) is 4. The standard InChI is InChI=1S/C25H39N3O2/c1-16(28-26-13-14-27-28)22(29)21-8-7-19-18-6-5-17-15-23(2,30)11-12-24(17,3)20(18)9-10-25(19,21)4/h13-14,16-21,30H,5-12,15H2,1-4H3/t16-,17-,18-,19-,20-,21+,23+,24-,25-/m0/s1. The molecule has 4 aliphatic rings. The number of aromatic nitrogens is 3. The van der Waals surface area contributed by atoms with Gasteiger partial charge in [0.2, 0.25) is 0 Å². The molecule has 1 aromatic rings. The van der Waals surface area contributed by atoms with Crippen molar-refractivity contribution in [2.24, 2.45) is 40.4 Å². The van der Waals surface area contributed by atoms with Crippen LogP contribution < -0.4 is 0 Å². The molecular weight excluding hydrogens is 374 g/mol. The smallest absolute Gasteiger partial charge is 0.162 e. The molecule has 1 heterocycles. The van der Waals surface area contributed by atoms with Crippen molar-refractivity contribution in [2.75, 3.05) is 0 Å². The fraction of sp³-hybridized carbons (Fsp3) is 0.880. The molecule has 1 N–H and O–H groups in total. The van der Waals surface area contributed by atoms with Crippen molar-refractivity contribution in [3.63, 3.8) is 0 Å². The summed E-state index contributed by atoms with van der Waals surface area (Å²) in [5.74, 6) is 3.33. The van der Waals surface area contributed by atoms with Crippen LogP contribution in [-0.2, 0) is 4.79 Å². The molecule has 30 heavy (non-hydrogen) atoms. The normalized spacial score (nSPS) is 49.0. The van der Waals surface area contributed by atoms with E-state index in [-0.39, 0.29) is 17.4 Å². The quantitative estimate of drug-likeness (QED) is 0.771.